The molecule has 6 heteroatoms. The van der Waals surface area contributed by atoms with E-state index in [1.165, 1.54) is 10.9 Å². The molecular formula is C27H36N4O2. The third-order valence-corrected chi connectivity index (χ3v) is 6.06. The molecule has 0 unspecified atom stereocenters. The van der Waals surface area contributed by atoms with Gasteiger partial charge in [0.05, 0.1) is 6.54 Å². The molecule has 0 spiro atoms. The van der Waals surface area contributed by atoms with Crippen LogP contribution in [0.2, 0.25) is 0 Å². The average molecular weight is 449 g/mol. The van der Waals surface area contributed by atoms with E-state index < -0.39 is 0 Å². The van der Waals surface area contributed by atoms with Crippen LogP contribution >= 0.6 is 0 Å². The Bertz CT molecular complexity index is 1070. The van der Waals surface area contributed by atoms with Gasteiger partial charge in [-0.1, -0.05) is 37.3 Å². The molecule has 3 rings (SSSR count). The van der Waals surface area contributed by atoms with E-state index in [-0.39, 0.29) is 24.4 Å². The minimum absolute atomic E-state index is 0.00487. The van der Waals surface area contributed by atoms with Gasteiger partial charge in [-0.25, -0.2) is 0 Å². The van der Waals surface area contributed by atoms with Crippen molar-refractivity contribution < 1.29 is 9.59 Å². The normalized spacial score (nSPS) is 11.1. The molecule has 0 atom stereocenters. The molecule has 0 aliphatic rings. The lowest BCUT2D eigenvalue weighted by Crippen LogP contribution is -2.46. The summed E-state index contributed by atoms with van der Waals surface area (Å²) in [5.41, 5.74) is 4.49. The van der Waals surface area contributed by atoms with E-state index >= 15 is 0 Å². The Kier molecular flexibility index (Phi) is 8.15. The number of hydrogen-bond donors (Lipinski definition) is 1. The SMILES string of the molecule is CCC(=O)N(CC(=O)N(CCc1c[nH]c2ccccc12)Cc1ccc(N(C)C)cc1)C(C)C. The highest BCUT2D eigenvalue weighted by Crippen LogP contribution is 2.20. The van der Waals surface area contributed by atoms with Gasteiger partial charge in [-0.3, -0.25) is 9.59 Å². The Morgan fingerprint density at radius 3 is 2.30 bits per heavy atom. The number of para-hydroxylation sites is 1. The first kappa shape index (κ1) is 24.4. The Labute approximate surface area is 197 Å². The van der Waals surface area contributed by atoms with Crippen molar-refractivity contribution in [1.82, 2.24) is 14.8 Å². The van der Waals surface area contributed by atoms with Gasteiger partial charge in [0.2, 0.25) is 11.8 Å². The van der Waals surface area contributed by atoms with E-state index in [1.807, 2.05) is 58.1 Å². The lowest BCUT2D eigenvalue weighted by molar-refractivity contribution is -0.142. The molecular weight excluding hydrogens is 412 g/mol. The number of carbonyl (C=O) groups is 2. The molecule has 1 aromatic heterocycles. The summed E-state index contributed by atoms with van der Waals surface area (Å²) in [6.07, 6.45) is 3.17. The number of aromatic nitrogens is 1. The number of anilines is 1. The number of hydrogen-bond acceptors (Lipinski definition) is 3. The van der Waals surface area contributed by atoms with E-state index in [2.05, 4.69) is 46.3 Å². The smallest absolute Gasteiger partial charge is 0.242 e. The summed E-state index contributed by atoms with van der Waals surface area (Å²) in [6.45, 7) is 6.95. The van der Waals surface area contributed by atoms with Crippen molar-refractivity contribution in [2.75, 3.05) is 32.1 Å². The molecule has 176 valence electrons. The van der Waals surface area contributed by atoms with Crippen LogP contribution in [0, 0.1) is 0 Å². The predicted octanol–water partition coefficient (Wildman–Crippen LogP) is 4.45. The van der Waals surface area contributed by atoms with Crippen molar-refractivity contribution in [3.05, 3.63) is 65.9 Å². The second-order valence-electron chi connectivity index (χ2n) is 8.95. The number of benzene rings is 2. The number of aromatic amines is 1. The van der Waals surface area contributed by atoms with Gasteiger partial charge < -0.3 is 19.7 Å². The minimum Gasteiger partial charge on any atom is -0.378 e. The maximum Gasteiger partial charge on any atom is 0.242 e. The maximum atomic E-state index is 13.4. The summed E-state index contributed by atoms with van der Waals surface area (Å²) in [5.74, 6) is -0.0210. The Balaban J connectivity index is 1.79. The van der Waals surface area contributed by atoms with E-state index in [1.54, 1.807) is 4.90 Å². The molecule has 2 amide bonds. The zero-order valence-corrected chi connectivity index (χ0v) is 20.5. The van der Waals surface area contributed by atoms with Crippen molar-refractivity contribution in [2.45, 2.75) is 46.2 Å². The standard InChI is InChI=1S/C27H36N4O2/c1-6-26(32)31(20(2)3)19-27(33)30(18-21-11-13-23(14-12-21)29(4)5)16-15-22-17-28-25-10-8-7-9-24(22)25/h7-14,17,20,28H,6,15-16,18-19H2,1-5H3. The Morgan fingerprint density at radius 1 is 0.970 bits per heavy atom. The Morgan fingerprint density at radius 2 is 1.67 bits per heavy atom. The van der Waals surface area contributed by atoms with Crippen LogP contribution in [0.3, 0.4) is 0 Å². The fourth-order valence-corrected chi connectivity index (χ4v) is 4.01. The summed E-state index contributed by atoms with van der Waals surface area (Å²) in [6, 6.07) is 16.5. The molecule has 0 radical (unpaired) electrons. The molecule has 0 fully saturated rings. The van der Waals surface area contributed by atoms with Crippen LogP contribution in [0.4, 0.5) is 5.69 Å². The van der Waals surface area contributed by atoms with Crippen molar-refractivity contribution in [1.29, 1.82) is 0 Å². The largest absolute Gasteiger partial charge is 0.378 e. The average Bonchev–Trinajstić information content (AvgIpc) is 3.22. The number of amides is 2. The quantitative estimate of drug-likeness (QED) is 0.498. The van der Waals surface area contributed by atoms with Gasteiger partial charge in [0.15, 0.2) is 0 Å². The van der Waals surface area contributed by atoms with Crippen molar-refractivity contribution in [3.8, 4) is 0 Å². The number of rotatable bonds is 10. The summed E-state index contributed by atoms with van der Waals surface area (Å²) < 4.78 is 0. The molecule has 1 N–H and O–H groups in total. The first-order valence-corrected chi connectivity index (χ1v) is 11.7. The van der Waals surface area contributed by atoms with Crippen molar-refractivity contribution in [3.63, 3.8) is 0 Å². The topological polar surface area (TPSA) is 59.7 Å². The van der Waals surface area contributed by atoms with Crippen LogP contribution in [-0.2, 0) is 22.6 Å². The van der Waals surface area contributed by atoms with Crippen LogP contribution in [0.1, 0.15) is 38.3 Å². The third kappa shape index (κ3) is 6.15. The van der Waals surface area contributed by atoms with Crippen LogP contribution in [0.5, 0.6) is 0 Å². The highest BCUT2D eigenvalue weighted by molar-refractivity contribution is 5.85. The molecule has 0 bridgehead atoms. The molecule has 0 saturated heterocycles. The highest BCUT2D eigenvalue weighted by Gasteiger charge is 2.23. The van der Waals surface area contributed by atoms with Gasteiger partial charge in [0.25, 0.3) is 0 Å². The second kappa shape index (κ2) is 11.0. The van der Waals surface area contributed by atoms with Gasteiger partial charge in [0, 0.05) is 62.4 Å². The minimum atomic E-state index is -0.0259. The van der Waals surface area contributed by atoms with Gasteiger partial charge in [-0.05, 0) is 49.6 Å². The van der Waals surface area contributed by atoms with Gasteiger partial charge in [-0.15, -0.1) is 0 Å². The summed E-state index contributed by atoms with van der Waals surface area (Å²) in [7, 11) is 4.02. The lowest BCUT2D eigenvalue weighted by atomic mass is 10.1. The molecule has 33 heavy (non-hydrogen) atoms. The van der Waals surface area contributed by atoms with E-state index in [9.17, 15) is 9.59 Å². The zero-order chi connectivity index (χ0) is 24.0. The number of H-pyrrole nitrogens is 1. The predicted molar refractivity (Wildman–Crippen MR) is 135 cm³/mol. The summed E-state index contributed by atoms with van der Waals surface area (Å²) >= 11 is 0. The molecule has 0 aliphatic heterocycles. The fourth-order valence-electron chi connectivity index (χ4n) is 4.01. The van der Waals surface area contributed by atoms with Crippen LogP contribution in [0.25, 0.3) is 10.9 Å². The molecule has 0 saturated carbocycles. The molecule has 0 aliphatic carbocycles. The molecule has 2 aromatic carbocycles. The van der Waals surface area contributed by atoms with Gasteiger partial charge in [-0.2, -0.15) is 0 Å². The van der Waals surface area contributed by atoms with Gasteiger partial charge in [0.1, 0.15) is 0 Å². The number of nitrogens with zero attached hydrogens (tertiary/aromatic N) is 3. The number of fused-ring (bicyclic) bond motifs is 1. The van der Waals surface area contributed by atoms with Crippen molar-refractivity contribution in [2.24, 2.45) is 0 Å². The fraction of sp³-hybridized carbons (Fsp3) is 0.407. The highest BCUT2D eigenvalue weighted by atomic mass is 16.2. The Hall–Kier alpha value is -3.28. The summed E-state index contributed by atoms with van der Waals surface area (Å²) in [4.78, 5) is 34.7. The second-order valence-corrected chi connectivity index (χ2v) is 8.95. The van der Waals surface area contributed by atoms with E-state index in [4.69, 9.17) is 0 Å². The van der Waals surface area contributed by atoms with Crippen LogP contribution in [-0.4, -0.2) is 59.8 Å². The number of nitrogens with one attached hydrogen (secondary N) is 1. The molecule has 3 aromatic rings. The summed E-state index contributed by atoms with van der Waals surface area (Å²) in [5, 5.41) is 1.19. The monoisotopic (exact) mass is 448 g/mol. The van der Waals surface area contributed by atoms with Crippen molar-refractivity contribution >= 4 is 28.4 Å². The van der Waals surface area contributed by atoms with E-state index in [0.717, 1.165) is 23.2 Å². The van der Waals surface area contributed by atoms with E-state index in [0.29, 0.717) is 19.5 Å². The lowest BCUT2D eigenvalue weighted by Gasteiger charge is -2.30. The number of carbonyl (C=O) groups excluding carboxylic acids is 2. The maximum absolute atomic E-state index is 13.4. The molecule has 1 heterocycles. The first-order valence-electron chi connectivity index (χ1n) is 11.7. The third-order valence-electron chi connectivity index (χ3n) is 6.06. The van der Waals surface area contributed by atoms with Crippen LogP contribution < -0.4 is 4.90 Å². The molecule has 6 nitrogen and oxygen atoms in total. The van der Waals surface area contributed by atoms with Crippen LogP contribution in [0.15, 0.2) is 54.7 Å². The first-order chi connectivity index (χ1) is 15.8. The zero-order valence-electron chi connectivity index (χ0n) is 20.5. The van der Waals surface area contributed by atoms with Gasteiger partial charge >= 0.3 is 0 Å².